The van der Waals surface area contributed by atoms with Crippen molar-refractivity contribution in [2.75, 3.05) is 25.5 Å². The standard InChI is InChI=1S/C10H13BrN2O/c11-9-5-7(12)1-2-8(9)10-6-14-4-3-13-10/h1-2,5,10,13H,3-4,6,12H2. The Balaban J connectivity index is 2.22. The van der Waals surface area contributed by atoms with Gasteiger partial charge in [-0.25, -0.2) is 0 Å². The highest BCUT2D eigenvalue weighted by Gasteiger charge is 2.17. The summed E-state index contributed by atoms with van der Waals surface area (Å²) < 4.78 is 6.45. The molecule has 1 fully saturated rings. The third-order valence-electron chi connectivity index (χ3n) is 2.32. The lowest BCUT2D eigenvalue weighted by atomic mass is 10.1. The molecule has 3 nitrogen and oxygen atoms in total. The fourth-order valence-electron chi connectivity index (χ4n) is 1.59. The maximum atomic E-state index is 5.68. The van der Waals surface area contributed by atoms with Crippen LogP contribution in [0.3, 0.4) is 0 Å². The molecule has 0 spiro atoms. The summed E-state index contributed by atoms with van der Waals surface area (Å²) in [6, 6.07) is 6.15. The number of anilines is 1. The van der Waals surface area contributed by atoms with E-state index in [1.54, 1.807) is 0 Å². The van der Waals surface area contributed by atoms with Crippen LogP contribution < -0.4 is 11.1 Å². The van der Waals surface area contributed by atoms with E-state index in [2.05, 4.69) is 21.2 Å². The Bertz CT molecular complexity index is 324. The SMILES string of the molecule is Nc1ccc(C2COCCN2)c(Br)c1. The first-order valence-electron chi connectivity index (χ1n) is 4.63. The van der Waals surface area contributed by atoms with Crippen molar-refractivity contribution < 1.29 is 4.74 Å². The monoisotopic (exact) mass is 256 g/mol. The van der Waals surface area contributed by atoms with E-state index in [-0.39, 0.29) is 6.04 Å². The first kappa shape index (κ1) is 9.96. The van der Waals surface area contributed by atoms with Gasteiger partial charge in [0, 0.05) is 16.7 Å². The number of halogens is 1. The Kier molecular flexibility index (Phi) is 3.05. The summed E-state index contributed by atoms with van der Waals surface area (Å²) in [5.74, 6) is 0. The summed E-state index contributed by atoms with van der Waals surface area (Å²) in [6.07, 6.45) is 0. The van der Waals surface area contributed by atoms with Gasteiger partial charge in [-0.15, -0.1) is 0 Å². The molecule has 0 amide bonds. The zero-order chi connectivity index (χ0) is 9.97. The van der Waals surface area contributed by atoms with Gasteiger partial charge in [0.2, 0.25) is 0 Å². The van der Waals surface area contributed by atoms with E-state index < -0.39 is 0 Å². The van der Waals surface area contributed by atoms with E-state index in [9.17, 15) is 0 Å². The van der Waals surface area contributed by atoms with E-state index in [1.807, 2.05) is 18.2 Å². The second kappa shape index (κ2) is 4.29. The highest BCUT2D eigenvalue weighted by atomic mass is 79.9. The van der Waals surface area contributed by atoms with Crippen molar-refractivity contribution in [2.24, 2.45) is 0 Å². The van der Waals surface area contributed by atoms with Gasteiger partial charge in [-0.05, 0) is 17.7 Å². The number of benzene rings is 1. The lowest BCUT2D eigenvalue weighted by Crippen LogP contribution is -2.34. The summed E-state index contributed by atoms with van der Waals surface area (Å²) >= 11 is 3.51. The van der Waals surface area contributed by atoms with Gasteiger partial charge in [-0.1, -0.05) is 22.0 Å². The third kappa shape index (κ3) is 2.08. The Labute approximate surface area is 91.8 Å². The number of nitrogens with two attached hydrogens (primary N) is 1. The van der Waals surface area contributed by atoms with Crippen LogP contribution >= 0.6 is 15.9 Å². The van der Waals surface area contributed by atoms with E-state index in [0.29, 0.717) is 0 Å². The third-order valence-corrected chi connectivity index (χ3v) is 3.01. The highest BCUT2D eigenvalue weighted by molar-refractivity contribution is 9.10. The van der Waals surface area contributed by atoms with Crippen molar-refractivity contribution >= 4 is 21.6 Å². The number of nitrogens with one attached hydrogen (secondary N) is 1. The molecule has 1 heterocycles. The number of morpholine rings is 1. The summed E-state index contributed by atoms with van der Waals surface area (Å²) in [7, 11) is 0. The lowest BCUT2D eigenvalue weighted by molar-refractivity contribution is 0.0767. The first-order valence-corrected chi connectivity index (χ1v) is 5.43. The fraction of sp³-hybridized carbons (Fsp3) is 0.400. The smallest absolute Gasteiger partial charge is 0.0662 e. The maximum absolute atomic E-state index is 5.68. The molecule has 1 aromatic carbocycles. The second-order valence-electron chi connectivity index (χ2n) is 3.36. The van der Waals surface area contributed by atoms with Crippen LogP contribution in [0.4, 0.5) is 5.69 Å². The zero-order valence-electron chi connectivity index (χ0n) is 7.79. The van der Waals surface area contributed by atoms with Gasteiger partial charge in [0.25, 0.3) is 0 Å². The van der Waals surface area contributed by atoms with Gasteiger partial charge in [0.05, 0.1) is 19.3 Å². The minimum atomic E-state index is 0.277. The molecule has 76 valence electrons. The lowest BCUT2D eigenvalue weighted by Gasteiger charge is -2.25. The highest BCUT2D eigenvalue weighted by Crippen LogP contribution is 2.26. The second-order valence-corrected chi connectivity index (χ2v) is 4.22. The summed E-state index contributed by atoms with van der Waals surface area (Å²) in [5, 5.41) is 3.40. The molecule has 14 heavy (non-hydrogen) atoms. The minimum absolute atomic E-state index is 0.277. The van der Waals surface area contributed by atoms with Gasteiger partial charge in [-0.2, -0.15) is 0 Å². The van der Waals surface area contributed by atoms with Crippen LogP contribution in [-0.4, -0.2) is 19.8 Å². The van der Waals surface area contributed by atoms with Crippen molar-refractivity contribution in [2.45, 2.75) is 6.04 Å². The molecular weight excluding hydrogens is 244 g/mol. The van der Waals surface area contributed by atoms with Gasteiger partial charge < -0.3 is 15.8 Å². The molecule has 1 aromatic rings. The van der Waals surface area contributed by atoms with Crippen LogP contribution in [0.1, 0.15) is 11.6 Å². The Morgan fingerprint density at radius 3 is 3.00 bits per heavy atom. The van der Waals surface area contributed by atoms with E-state index in [4.69, 9.17) is 10.5 Å². The topological polar surface area (TPSA) is 47.3 Å². The molecule has 0 bridgehead atoms. The zero-order valence-corrected chi connectivity index (χ0v) is 9.38. The summed E-state index contributed by atoms with van der Waals surface area (Å²) in [6.45, 7) is 2.42. The molecule has 2 rings (SSSR count). The summed E-state index contributed by atoms with van der Waals surface area (Å²) in [5.41, 5.74) is 7.66. The van der Waals surface area contributed by atoms with Crippen molar-refractivity contribution in [3.8, 4) is 0 Å². The van der Waals surface area contributed by atoms with Crippen molar-refractivity contribution in [1.29, 1.82) is 0 Å². The van der Waals surface area contributed by atoms with Crippen LogP contribution in [0, 0.1) is 0 Å². The predicted octanol–water partition coefficient (Wildman–Crippen LogP) is 1.69. The van der Waals surface area contributed by atoms with Gasteiger partial charge in [0.15, 0.2) is 0 Å². The molecule has 0 aliphatic carbocycles. The fourth-order valence-corrected chi connectivity index (χ4v) is 2.26. The molecule has 4 heteroatoms. The van der Waals surface area contributed by atoms with Gasteiger partial charge >= 0.3 is 0 Å². The van der Waals surface area contributed by atoms with Crippen LogP contribution in [0.2, 0.25) is 0 Å². The van der Waals surface area contributed by atoms with E-state index in [1.165, 1.54) is 5.56 Å². The van der Waals surface area contributed by atoms with Gasteiger partial charge in [-0.3, -0.25) is 0 Å². The largest absolute Gasteiger partial charge is 0.399 e. The molecular formula is C10H13BrN2O. The molecule has 1 aliphatic heterocycles. The number of hydrogen-bond donors (Lipinski definition) is 2. The molecule has 1 atom stereocenters. The minimum Gasteiger partial charge on any atom is -0.399 e. The quantitative estimate of drug-likeness (QED) is 0.753. The number of nitrogen functional groups attached to an aromatic ring is 1. The molecule has 1 aliphatic rings. The Morgan fingerprint density at radius 1 is 1.50 bits per heavy atom. The molecule has 1 unspecified atom stereocenters. The molecule has 3 N–H and O–H groups in total. The maximum Gasteiger partial charge on any atom is 0.0662 e. The van der Waals surface area contributed by atoms with Crippen molar-refractivity contribution in [1.82, 2.24) is 5.32 Å². The normalized spacial score (nSPS) is 22.2. The van der Waals surface area contributed by atoms with Crippen molar-refractivity contribution in [3.63, 3.8) is 0 Å². The molecule has 0 radical (unpaired) electrons. The number of hydrogen-bond acceptors (Lipinski definition) is 3. The van der Waals surface area contributed by atoms with E-state index in [0.717, 1.165) is 29.9 Å². The average molecular weight is 257 g/mol. The van der Waals surface area contributed by atoms with Gasteiger partial charge in [0.1, 0.15) is 0 Å². The summed E-state index contributed by atoms with van der Waals surface area (Å²) in [4.78, 5) is 0. The molecule has 1 saturated heterocycles. The van der Waals surface area contributed by atoms with Crippen LogP contribution in [0.5, 0.6) is 0 Å². The van der Waals surface area contributed by atoms with E-state index >= 15 is 0 Å². The predicted molar refractivity (Wildman–Crippen MR) is 60.1 cm³/mol. The first-order chi connectivity index (χ1) is 6.77. The number of rotatable bonds is 1. The molecule has 0 aromatic heterocycles. The van der Waals surface area contributed by atoms with Crippen LogP contribution in [0.25, 0.3) is 0 Å². The van der Waals surface area contributed by atoms with Crippen LogP contribution in [-0.2, 0) is 4.74 Å². The Morgan fingerprint density at radius 2 is 2.36 bits per heavy atom. The van der Waals surface area contributed by atoms with Crippen molar-refractivity contribution in [3.05, 3.63) is 28.2 Å². The Hall–Kier alpha value is -0.580. The number of ether oxygens (including phenoxy) is 1. The average Bonchev–Trinajstić information content (AvgIpc) is 2.19. The molecule has 0 saturated carbocycles. The van der Waals surface area contributed by atoms with Crippen LogP contribution in [0.15, 0.2) is 22.7 Å².